The number of thioether (sulfide) groups is 1. The van der Waals surface area contributed by atoms with Crippen LogP contribution in [-0.2, 0) is 4.79 Å². The van der Waals surface area contributed by atoms with Gasteiger partial charge in [0.1, 0.15) is 10.6 Å². The molecule has 0 aliphatic rings. The van der Waals surface area contributed by atoms with E-state index in [2.05, 4.69) is 10.3 Å². The number of hydrogen-bond donors (Lipinski definition) is 2. The summed E-state index contributed by atoms with van der Waals surface area (Å²) in [6.45, 7) is 7.58. The van der Waals surface area contributed by atoms with Gasteiger partial charge in [-0.3, -0.25) is 10.1 Å². The van der Waals surface area contributed by atoms with Crippen molar-refractivity contribution in [2.24, 2.45) is 0 Å². The standard InChI is InChI=1S/C14H21ClN2O2S/c1-9(2)17-14(4,13(18)19)8-10(3)20-12-11(15)6-5-7-16-12/h5-7,9-10,17H,8H2,1-4H3,(H,18,19). The molecule has 2 atom stereocenters. The number of carboxylic acid groups (broad SMARTS) is 1. The molecule has 2 unspecified atom stereocenters. The number of carboxylic acids is 1. The molecule has 0 amide bonds. The molecule has 0 aliphatic heterocycles. The van der Waals surface area contributed by atoms with Gasteiger partial charge in [0.15, 0.2) is 0 Å². The van der Waals surface area contributed by atoms with Crippen molar-refractivity contribution in [3.05, 3.63) is 23.4 Å². The molecule has 20 heavy (non-hydrogen) atoms. The first-order valence-electron chi connectivity index (χ1n) is 6.53. The Morgan fingerprint density at radius 1 is 1.55 bits per heavy atom. The van der Waals surface area contributed by atoms with E-state index in [4.69, 9.17) is 11.6 Å². The van der Waals surface area contributed by atoms with Crippen molar-refractivity contribution in [2.75, 3.05) is 0 Å². The molecule has 6 heteroatoms. The normalized spacial score (nSPS) is 15.9. The lowest BCUT2D eigenvalue weighted by atomic mass is 9.95. The Morgan fingerprint density at radius 3 is 2.70 bits per heavy atom. The summed E-state index contributed by atoms with van der Waals surface area (Å²) in [5.74, 6) is -0.842. The molecule has 1 aromatic heterocycles. The molecule has 1 aromatic rings. The Kier molecular flexibility index (Phi) is 6.30. The second-order valence-corrected chi connectivity index (χ2v) is 7.19. The molecule has 0 aliphatic carbocycles. The van der Waals surface area contributed by atoms with Gasteiger partial charge in [-0.1, -0.05) is 18.5 Å². The maximum Gasteiger partial charge on any atom is 0.323 e. The van der Waals surface area contributed by atoms with Gasteiger partial charge in [0.2, 0.25) is 0 Å². The zero-order valence-electron chi connectivity index (χ0n) is 12.2. The number of halogens is 1. The fraction of sp³-hybridized carbons (Fsp3) is 0.571. The summed E-state index contributed by atoms with van der Waals surface area (Å²) in [5, 5.41) is 14.0. The van der Waals surface area contributed by atoms with E-state index in [-0.39, 0.29) is 11.3 Å². The van der Waals surface area contributed by atoms with Gasteiger partial charge in [-0.15, -0.1) is 11.8 Å². The minimum Gasteiger partial charge on any atom is -0.480 e. The van der Waals surface area contributed by atoms with E-state index in [0.29, 0.717) is 11.4 Å². The summed E-state index contributed by atoms with van der Waals surface area (Å²) in [6, 6.07) is 3.66. The first-order valence-corrected chi connectivity index (χ1v) is 7.78. The highest BCUT2D eigenvalue weighted by molar-refractivity contribution is 7.99. The quantitative estimate of drug-likeness (QED) is 0.754. The van der Waals surface area contributed by atoms with E-state index in [9.17, 15) is 9.90 Å². The van der Waals surface area contributed by atoms with Gasteiger partial charge in [0.05, 0.1) is 5.02 Å². The van der Waals surface area contributed by atoms with Crippen LogP contribution in [0.1, 0.15) is 34.1 Å². The lowest BCUT2D eigenvalue weighted by molar-refractivity contribution is -0.144. The molecule has 0 saturated carbocycles. The number of rotatable bonds is 7. The molecule has 4 nitrogen and oxygen atoms in total. The highest BCUT2D eigenvalue weighted by Gasteiger charge is 2.35. The summed E-state index contributed by atoms with van der Waals surface area (Å²) in [7, 11) is 0. The Morgan fingerprint density at radius 2 is 2.20 bits per heavy atom. The van der Waals surface area contributed by atoms with Crippen molar-refractivity contribution in [3.8, 4) is 0 Å². The average Bonchev–Trinajstić information content (AvgIpc) is 2.30. The smallest absolute Gasteiger partial charge is 0.323 e. The third-order valence-electron chi connectivity index (χ3n) is 2.81. The third-order valence-corrected chi connectivity index (χ3v) is 4.35. The van der Waals surface area contributed by atoms with E-state index >= 15 is 0 Å². The van der Waals surface area contributed by atoms with Crippen LogP contribution in [0.15, 0.2) is 23.4 Å². The zero-order valence-corrected chi connectivity index (χ0v) is 13.8. The van der Waals surface area contributed by atoms with E-state index in [1.807, 2.05) is 20.8 Å². The Hall–Kier alpha value is -0.780. The maximum atomic E-state index is 11.5. The molecule has 2 N–H and O–H groups in total. The van der Waals surface area contributed by atoms with Gasteiger partial charge < -0.3 is 5.11 Å². The molecule has 0 bridgehead atoms. The van der Waals surface area contributed by atoms with Crippen LogP contribution in [-0.4, -0.2) is 32.9 Å². The van der Waals surface area contributed by atoms with Crippen molar-refractivity contribution in [1.29, 1.82) is 0 Å². The number of aromatic nitrogens is 1. The van der Waals surface area contributed by atoms with Gasteiger partial charge in [0.25, 0.3) is 0 Å². The summed E-state index contributed by atoms with van der Waals surface area (Å²) < 4.78 is 0. The Labute approximate surface area is 129 Å². The van der Waals surface area contributed by atoms with Crippen LogP contribution >= 0.6 is 23.4 Å². The second-order valence-electron chi connectivity index (χ2n) is 5.36. The summed E-state index contributed by atoms with van der Waals surface area (Å²) >= 11 is 7.57. The topological polar surface area (TPSA) is 62.2 Å². The Bertz CT molecular complexity index is 470. The highest BCUT2D eigenvalue weighted by atomic mass is 35.5. The number of carbonyl (C=O) groups is 1. The fourth-order valence-corrected chi connectivity index (χ4v) is 3.47. The lowest BCUT2D eigenvalue weighted by Crippen LogP contribution is -2.53. The largest absolute Gasteiger partial charge is 0.480 e. The number of nitrogens with zero attached hydrogens (tertiary/aromatic N) is 1. The average molecular weight is 317 g/mol. The van der Waals surface area contributed by atoms with Crippen molar-refractivity contribution in [3.63, 3.8) is 0 Å². The van der Waals surface area contributed by atoms with E-state index in [1.165, 1.54) is 11.8 Å². The van der Waals surface area contributed by atoms with Crippen molar-refractivity contribution >= 4 is 29.3 Å². The number of hydrogen-bond acceptors (Lipinski definition) is 4. The van der Waals surface area contributed by atoms with Crippen molar-refractivity contribution in [2.45, 2.75) is 56.0 Å². The summed E-state index contributed by atoms with van der Waals surface area (Å²) in [5.41, 5.74) is -0.957. The number of aliphatic carboxylic acids is 1. The molecule has 112 valence electrons. The third kappa shape index (κ3) is 4.96. The first-order chi connectivity index (χ1) is 9.24. The van der Waals surface area contributed by atoms with Crippen LogP contribution in [0.2, 0.25) is 5.02 Å². The summed E-state index contributed by atoms with van der Waals surface area (Å²) in [4.78, 5) is 15.7. The fourth-order valence-electron chi connectivity index (χ4n) is 2.11. The molecule has 0 aromatic carbocycles. The monoisotopic (exact) mass is 316 g/mol. The van der Waals surface area contributed by atoms with Crippen molar-refractivity contribution < 1.29 is 9.90 Å². The Balaban J connectivity index is 2.74. The van der Waals surface area contributed by atoms with Crippen LogP contribution in [0.5, 0.6) is 0 Å². The van der Waals surface area contributed by atoms with Crippen molar-refractivity contribution in [1.82, 2.24) is 10.3 Å². The molecule has 0 fully saturated rings. The maximum absolute atomic E-state index is 11.5. The second kappa shape index (κ2) is 7.29. The molecule has 0 saturated heterocycles. The molecule has 1 heterocycles. The van der Waals surface area contributed by atoms with Gasteiger partial charge >= 0.3 is 5.97 Å². The first kappa shape index (κ1) is 17.3. The predicted octanol–water partition coefficient (Wildman–Crippen LogP) is 3.45. The van der Waals surface area contributed by atoms with E-state index in [1.54, 1.807) is 25.3 Å². The van der Waals surface area contributed by atoms with E-state index in [0.717, 1.165) is 5.03 Å². The van der Waals surface area contributed by atoms with Gasteiger partial charge in [0, 0.05) is 17.5 Å². The van der Waals surface area contributed by atoms with Crippen LogP contribution in [0, 0.1) is 0 Å². The van der Waals surface area contributed by atoms with Crippen LogP contribution < -0.4 is 5.32 Å². The number of pyridine rings is 1. The minimum absolute atomic E-state index is 0.0785. The van der Waals surface area contributed by atoms with Crippen LogP contribution in [0.25, 0.3) is 0 Å². The molecule has 1 rings (SSSR count). The minimum atomic E-state index is -0.957. The molecule has 0 spiro atoms. The van der Waals surface area contributed by atoms with Gasteiger partial charge in [-0.25, -0.2) is 4.98 Å². The van der Waals surface area contributed by atoms with Gasteiger partial charge in [-0.2, -0.15) is 0 Å². The lowest BCUT2D eigenvalue weighted by Gasteiger charge is -2.31. The molecular formula is C14H21ClN2O2S. The zero-order chi connectivity index (χ0) is 15.3. The molecule has 0 radical (unpaired) electrons. The van der Waals surface area contributed by atoms with Crippen LogP contribution in [0.3, 0.4) is 0 Å². The predicted molar refractivity (Wildman–Crippen MR) is 83.5 cm³/mol. The van der Waals surface area contributed by atoms with Gasteiger partial charge in [-0.05, 0) is 39.3 Å². The number of nitrogens with one attached hydrogen (secondary N) is 1. The summed E-state index contributed by atoms with van der Waals surface area (Å²) in [6.07, 6.45) is 2.17. The molecular weight excluding hydrogens is 296 g/mol. The van der Waals surface area contributed by atoms with Crippen LogP contribution in [0.4, 0.5) is 0 Å². The highest BCUT2D eigenvalue weighted by Crippen LogP contribution is 2.31. The van der Waals surface area contributed by atoms with E-state index < -0.39 is 11.5 Å². The SMILES string of the molecule is CC(C)NC(C)(CC(C)Sc1ncccc1Cl)C(=O)O.